The Morgan fingerprint density at radius 3 is 2.02 bits per heavy atom. The highest BCUT2D eigenvalue weighted by molar-refractivity contribution is 6.38. The van der Waals surface area contributed by atoms with Crippen LogP contribution in [0.4, 0.5) is 10.7 Å². The first-order valence-electron chi connectivity index (χ1n) is 19.2. The number of unbranched alkanes of at least 4 members (excludes halogenated alkanes) is 1. The van der Waals surface area contributed by atoms with Gasteiger partial charge in [0.1, 0.15) is 18.1 Å². The summed E-state index contributed by atoms with van der Waals surface area (Å²) in [5.41, 5.74) is -1.66. The molecule has 4 rings (SSSR count). The van der Waals surface area contributed by atoms with Crippen molar-refractivity contribution in [3.63, 3.8) is 0 Å². The van der Waals surface area contributed by atoms with E-state index in [0.717, 1.165) is 6.42 Å². The zero-order valence-electron chi connectivity index (χ0n) is 33.5. The predicted molar refractivity (Wildman–Crippen MR) is 205 cm³/mol. The number of carbonyl (C=O) groups is 6. The molecule has 1 saturated carbocycles. The molecule has 4 N–H and O–H groups in total. The molecule has 2 saturated heterocycles. The van der Waals surface area contributed by atoms with Gasteiger partial charge in [-0.25, -0.2) is 14.8 Å². The molecule has 1 aromatic rings. The molecule has 6 atom stereocenters. The number of piperazine rings is 1. The van der Waals surface area contributed by atoms with Gasteiger partial charge >= 0.3 is 6.03 Å². The van der Waals surface area contributed by atoms with Crippen LogP contribution in [0, 0.1) is 28.1 Å². The van der Waals surface area contributed by atoms with Crippen LogP contribution in [0.3, 0.4) is 0 Å². The maximum absolute atomic E-state index is 14.5. The average Bonchev–Trinajstić information content (AvgIpc) is 3.42. The van der Waals surface area contributed by atoms with E-state index >= 15 is 0 Å². The van der Waals surface area contributed by atoms with Gasteiger partial charge in [0.05, 0.1) is 6.04 Å². The number of Topliss-reactive ketones (excluding diaryl/α,β-unsaturated/α-hetero) is 1. The Balaban J connectivity index is 1.49. The number of piperidine rings is 1. The third-order valence-electron chi connectivity index (χ3n) is 11.1. The first-order valence-corrected chi connectivity index (χ1v) is 19.2. The Hall–Kier alpha value is -4.56. The van der Waals surface area contributed by atoms with Gasteiger partial charge in [0.2, 0.25) is 29.5 Å². The molecule has 6 amide bonds. The normalized spacial score (nSPS) is 22.2. The van der Waals surface area contributed by atoms with Gasteiger partial charge in [-0.1, -0.05) is 81.2 Å². The number of hydrogen-bond acceptors (Lipinski definition) is 9. The van der Waals surface area contributed by atoms with E-state index in [1.807, 2.05) is 53.4 Å². The molecule has 0 spiro atoms. The second-order valence-corrected chi connectivity index (χ2v) is 17.5. The summed E-state index contributed by atoms with van der Waals surface area (Å²) < 4.78 is 0. The number of anilines is 1. The fourth-order valence-electron chi connectivity index (χ4n) is 7.69. The number of nitrogens with one attached hydrogen (secondary N) is 4. The lowest BCUT2D eigenvalue weighted by molar-refractivity contribution is -0.145. The fraction of sp³-hybridized carbons (Fsp3) is 0.692. The van der Waals surface area contributed by atoms with Crippen molar-refractivity contribution in [3.8, 4) is 0 Å². The summed E-state index contributed by atoms with van der Waals surface area (Å²) in [6, 6.07) is -2.82. The second kappa shape index (κ2) is 16.8. The van der Waals surface area contributed by atoms with E-state index in [-0.39, 0.29) is 36.1 Å². The Bertz CT molecular complexity index is 1560. The molecule has 1 aromatic heterocycles. The summed E-state index contributed by atoms with van der Waals surface area (Å²) >= 11 is 0. The molecule has 54 heavy (non-hydrogen) atoms. The minimum absolute atomic E-state index is 0.0455. The van der Waals surface area contributed by atoms with E-state index in [1.165, 1.54) is 11.0 Å². The first kappa shape index (κ1) is 42.2. The summed E-state index contributed by atoms with van der Waals surface area (Å²) in [6.45, 7) is 23.1. The molecule has 3 aliphatic rings. The van der Waals surface area contributed by atoms with E-state index in [0.29, 0.717) is 45.1 Å². The third-order valence-corrected chi connectivity index (χ3v) is 11.1. The lowest BCUT2D eigenvalue weighted by atomic mass is 9.84. The van der Waals surface area contributed by atoms with Crippen LogP contribution >= 0.6 is 0 Å². The van der Waals surface area contributed by atoms with Gasteiger partial charge in [-0.3, -0.25) is 24.0 Å². The number of hydrogen-bond donors (Lipinski definition) is 4. The summed E-state index contributed by atoms with van der Waals surface area (Å²) in [7, 11) is 0. The van der Waals surface area contributed by atoms with Crippen molar-refractivity contribution >= 4 is 41.4 Å². The van der Waals surface area contributed by atoms with Gasteiger partial charge in [-0.15, -0.1) is 6.58 Å². The highest BCUT2D eigenvalue weighted by atomic mass is 16.2. The van der Waals surface area contributed by atoms with Crippen LogP contribution in [0.5, 0.6) is 0 Å². The topological polar surface area (TPSA) is 186 Å². The van der Waals surface area contributed by atoms with Gasteiger partial charge < -0.3 is 36.0 Å². The van der Waals surface area contributed by atoms with Crippen molar-refractivity contribution in [1.82, 2.24) is 41.0 Å². The Morgan fingerprint density at radius 2 is 1.48 bits per heavy atom. The van der Waals surface area contributed by atoms with Crippen molar-refractivity contribution in [1.29, 1.82) is 0 Å². The lowest BCUT2D eigenvalue weighted by Crippen LogP contribution is -2.64. The highest BCUT2D eigenvalue weighted by Crippen LogP contribution is 2.65. The molecule has 0 bridgehead atoms. The molecule has 298 valence electrons. The number of urea groups is 1. The molecular weight excluding hydrogens is 690 g/mol. The Morgan fingerprint density at radius 1 is 0.907 bits per heavy atom. The molecule has 15 heteroatoms. The molecule has 2 aliphatic heterocycles. The predicted octanol–water partition coefficient (Wildman–Crippen LogP) is 2.28. The molecule has 1 unspecified atom stereocenters. The van der Waals surface area contributed by atoms with Crippen LogP contribution in [0.25, 0.3) is 0 Å². The summed E-state index contributed by atoms with van der Waals surface area (Å²) in [5.74, 6) is -2.23. The van der Waals surface area contributed by atoms with Crippen molar-refractivity contribution < 1.29 is 28.8 Å². The molecule has 0 radical (unpaired) electrons. The first-order chi connectivity index (χ1) is 25.2. The number of carbonyl (C=O) groups excluding carboxylic acids is 6. The number of aromatic nitrogens is 2. The molecule has 1 aliphatic carbocycles. The Labute approximate surface area is 319 Å². The molecule has 0 aromatic carbocycles. The maximum Gasteiger partial charge on any atom is 0.316 e. The minimum Gasteiger partial charge on any atom is -0.346 e. The number of fused-ring (bicyclic) bond motifs is 1. The Kier molecular flexibility index (Phi) is 13.2. The number of nitrogens with zero attached hydrogens (tertiary/aromatic N) is 5. The highest BCUT2D eigenvalue weighted by Gasteiger charge is 2.70. The zero-order valence-corrected chi connectivity index (χ0v) is 33.5. The van der Waals surface area contributed by atoms with E-state index < -0.39 is 64.5 Å². The summed E-state index contributed by atoms with van der Waals surface area (Å²) in [5, 5.41) is 11.1. The van der Waals surface area contributed by atoms with Gasteiger partial charge in [0, 0.05) is 51.7 Å². The molecule has 3 heterocycles. The van der Waals surface area contributed by atoms with E-state index in [4.69, 9.17) is 0 Å². The smallest absolute Gasteiger partial charge is 0.316 e. The number of likely N-dealkylation sites (tertiary alicyclic amines) is 1. The van der Waals surface area contributed by atoms with Crippen LogP contribution < -0.4 is 26.2 Å². The largest absolute Gasteiger partial charge is 0.346 e. The van der Waals surface area contributed by atoms with Crippen LogP contribution in [0.2, 0.25) is 0 Å². The van der Waals surface area contributed by atoms with Gasteiger partial charge in [0.15, 0.2) is 0 Å². The van der Waals surface area contributed by atoms with Crippen LogP contribution in [0.1, 0.15) is 81.6 Å². The van der Waals surface area contributed by atoms with E-state index in [9.17, 15) is 28.8 Å². The van der Waals surface area contributed by atoms with E-state index in [2.05, 4.69) is 51.7 Å². The van der Waals surface area contributed by atoms with E-state index in [1.54, 1.807) is 23.4 Å². The molecule has 15 nitrogen and oxygen atoms in total. The summed E-state index contributed by atoms with van der Waals surface area (Å²) in [6.07, 6.45) is 6.46. The molecular formula is C39H61N9O6. The lowest BCUT2D eigenvalue weighted by Gasteiger charge is -2.40. The van der Waals surface area contributed by atoms with Crippen molar-refractivity contribution in [2.45, 2.75) is 106 Å². The number of ketones is 1. The van der Waals surface area contributed by atoms with Gasteiger partial charge in [0.25, 0.3) is 5.91 Å². The SMILES string of the molecule is C=CCNC(=O)C(=O)C(CCCC)NC(=O)[C@@H]1[C@@H]2[C@H](CN1C(=O)[C@@H](NC(=O)N[C@H](C(=O)N1CCN(c3ncccn3)CC1)C(C)(C)C)C(C)(C)C)C2(C)C. The fourth-order valence-corrected chi connectivity index (χ4v) is 7.69. The maximum atomic E-state index is 14.5. The van der Waals surface area contributed by atoms with Gasteiger partial charge in [-0.2, -0.15) is 0 Å². The van der Waals surface area contributed by atoms with Crippen LogP contribution in [0.15, 0.2) is 31.1 Å². The second-order valence-electron chi connectivity index (χ2n) is 17.5. The zero-order chi connectivity index (χ0) is 40.2. The van der Waals surface area contributed by atoms with Crippen LogP contribution in [-0.4, -0.2) is 119 Å². The van der Waals surface area contributed by atoms with Crippen molar-refractivity contribution in [2.75, 3.05) is 44.2 Å². The van der Waals surface area contributed by atoms with Gasteiger partial charge in [-0.05, 0) is 40.6 Å². The van der Waals surface area contributed by atoms with Crippen molar-refractivity contribution in [3.05, 3.63) is 31.1 Å². The monoisotopic (exact) mass is 751 g/mol. The summed E-state index contributed by atoms with van der Waals surface area (Å²) in [4.78, 5) is 96.0. The van der Waals surface area contributed by atoms with Crippen LogP contribution in [-0.2, 0) is 24.0 Å². The van der Waals surface area contributed by atoms with Crippen molar-refractivity contribution in [2.24, 2.45) is 28.1 Å². The third kappa shape index (κ3) is 9.56. The number of amides is 6. The minimum atomic E-state index is -1.05. The standard InChI is InChI=1S/C39H61N9O6/c1-11-13-15-25(28(49)32(51)40-16-12-2)43-31(50)27-26-24(39(26,9)10)23-48(27)34(53)30(38(6,7)8)45-36(54)44-29(37(3,4)5)33(52)46-19-21-47(22-20-46)35-41-17-14-18-42-35/h12,14,17-18,24-27,29-30H,2,11,13,15-16,19-23H2,1,3-10H3,(H,40,51)(H,43,50)(H2,44,45,54)/t24-,25?,26-,27-,29+,30+/m0/s1. The quantitative estimate of drug-likeness (QED) is 0.164. The number of rotatable bonds is 14. The molecule has 3 fully saturated rings. The average molecular weight is 752 g/mol.